The summed E-state index contributed by atoms with van der Waals surface area (Å²) in [5.74, 6) is 1.70. The lowest BCUT2D eigenvalue weighted by Gasteiger charge is -2.43. The average Bonchev–Trinajstić information content (AvgIpc) is 3.47. The maximum atomic E-state index is 11.9. The zero-order valence-electron chi connectivity index (χ0n) is 17.1. The monoisotopic (exact) mass is 419 g/mol. The van der Waals surface area contributed by atoms with Crippen LogP contribution in [0.15, 0.2) is 48.9 Å². The molecule has 2 unspecified atom stereocenters. The first-order chi connectivity index (χ1) is 15.2. The quantitative estimate of drug-likeness (QED) is 0.466. The van der Waals surface area contributed by atoms with E-state index in [1.54, 1.807) is 0 Å². The molecule has 160 valence electrons. The minimum absolute atomic E-state index is 0.0969. The van der Waals surface area contributed by atoms with E-state index in [2.05, 4.69) is 22.4 Å². The Balaban J connectivity index is 1.50. The number of hydrogen-bond donors (Lipinski definition) is 2. The zero-order valence-corrected chi connectivity index (χ0v) is 17.1. The molecule has 0 amide bonds. The summed E-state index contributed by atoms with van der Waals surface area (Å²) in [5.41, 5.74) is 3.65. The molecule has 0 spiro atoms. The minimum Gasteiger partial charge on any atom is -0.619 e. The van der Waals surface area contributed by atoms with Crippen LogP contribution in [-0.2, 0) is 11.2 Å². The van der Waals surface area contributed by atoms with Gasteiger partial charge in [0.2, 0.25) is 12.0 Å². The smallest absolute Gasteiger partial charge is 0.225 e. The number of nitrogens with one attached hydrogen (secondary N) is 1. The van der Waals surface area contributed by atoms with E-state index < -0.39 is 5.72 Å². The lowest BCUT2D eigenvalue weighted by Crippen LogP contribution is -2.59. The van der Waals surface area contributed by atoms with Crippen LogP contribution in [0.2, 0.25) is 0 Å². The van der Waals surface area contributed by atoms with Gasteiger partial charge in [-0.05, 0) is 36.3 Å². The molecule has 0 radical (unpaired) electrons. The van der Waals surface area contributed by atoms with Gasteiger partial charge in [0, 0.05) is 12.3 Å². The van der Waals surface area contributed by atoms with Crippen molar-refractivity contribution < 1.29 is 14.6 Å². The van der Waals surface area contributed by atoms with Crippen LogP contribution in [0.5, 0.6) is 0 Å². The van der Waals surface area contributed by atoms with Crippen LogP contribution in [0.25, 0.3) is 5.82 Å². The van der Waals surface area contributed by atoms with E-state index in [1.807, 2.05) is 22.9 Å². The van der Waals surface area contributed by atoms with Gasteiger partial charge in [-0.15, -0.1) is 0 Å². The molecule has 1 aliphatic heterocycles. The highest BCUT2D eigenvalue weighted by molar-refractivity contribution is 5.44. The Hall–Kier alpha value is -2.81. The van der Waals surface area contributed by atoms with Gasteiger partial charge in [0.25, 0.3) is 0 Å². The molecule has 8 nitrogen and oxygen atoms in total. The largest absolute Gasteiger partial charge is 0.619 e. The van der Waals surface area contributed by atoms with Crippen molar-refractivity contribution in [2.75, 3.05) is 13.2 Å². The second-order valence-electron chi connectivity index (χ2n) is 8.82. The van der Waals surface area contributed by atoms with Gasteiger partial charge in [-0.25, -0.2) is 9.67 Å². The van der Waals surface area contributed by atoms with Gasteiger partial charge in [-0.1, -0.05) is 30.3 Å². The van der Waals surface area contributed by atoms with Crippen LogP contribution in [0.1, 0.15) is 53.7 Å². The minimum atomic E-state index is -0.753. The molecule has 1 saturated heterocycles. The fourth-order valence-electron chi connectivity index (χ4n) is 5.08. The molecule has 3 aliphatic rings. The summed E-state index contributed by atoms with van der Waals surface area (Å²) in [4.78, 5) is 4.43. The van der Waals surface area contributed by atoms with Gasteiger partial charge in [-0.2, -0.15) is 9.83 Å². The van der Waals surface area contributed by atoms with E-state index in [0.29, 0.717) is 24.3 Å². The molecule has 8 heteroatoms. The van der Waals surface area contributed by atoms with Crippen LogP contribution in [0.3, 0.4) is 0 Å². The number of aliphatic hydroxyl groups excluding tert-OH is 1. The Bertz CT molecular complexity index is 1110. The van der Waals surface area contributed by atoms with Crippen LogP contribution >= 0.6 is 0 Å². The maximum Gasteiger partial charge on any atom is 0.225 e. The number of rotatable bonds is 6. The van der Waals surface area contributed by atoms with Gasteiger partial charge in [-0.3, -0.25) is 5.32 Å². The first-order valence-electron chi connectivity index (χ1n) is 10.9. The molecular weight excluding hydrogens is 394 g/mol. The van der Waals surface area contributed by atoms with Crippen molar-refractivity contribution in [2.45, 2.75) is 43.4 Å². The van der Waals surface area contributed by atoms with Gasteiger partial charge in [0.05, 0.1) is 36.8 Å². The third kappa shape index (κ3) is 3.13. The Morgan fingerprint density at radius 3 is 2.90 bits per heavy atom. The van der Waals surface area contributed by atoms with E-state index in [9.17, 15) is 10.3 Å². The molecule has 2 N–H and O–H groups in total. The van der Waals surface area contributed by atoms with Gasteiger partial charge in [0.15, 0.2) is 6.20 Å². The van der Waals surface area contributed by atoms with Crippen molar-refractivity contribution in [2.24, 2.45) is 5.92 Å². The fourth-order valence-corrected chi connectivity index (χ4v) is 5.08. The lowest BCUT2D eigenvalue weighted by molar-refractivity contribution is -0.605. The van der Waals surface area contributed by atoms with Gasteiger partial charge < -0.3 is 15.1 Å². The molecule has 0 bridgehead atoms. The first kappa shape index (κ1) is 18.9. The second kappa shape index (κ2) is 7.12. The van der Waals surface area contributed by atoms with E-state index in [-0.39, 0.29) is 12.6 Å². The number of hydrogen-bond acceptors (Lipinski definition) is 6. The number of ether oxygens (including phenoxy) is 1. The Morgan fingerprint density at radius 2 is 2.19 bits per heavy atom. The Morgan fingerprint density at radius 1 is 1.35 bits per heavy atom. The highest BCUT2D eigenvalue weighted by Crippen LogP contribution is 2.56. The number of nitrogens with zero attached hydrogens (tertiary/aromatic N) is 4. The highest BCUT2D eigenvalue weighted by atomic mass is 16.5. The second-order valence-corrected chi connectivity index (χ2v) is 8.82. The summed E-state index contributed by atoms with van der Waals surface area (Å²) < 4.78 is 8.40. The summed E-state index contributed by atoms with van der Waals surface area (Å²) in [6.07, 6.45) is 8.38. The molecule has 4 atom stereocenters. The van der Waals surface area contributed by atoms with Crippen LogP contribution < -0.4 is 10.0 Å². The Kier molecular flexibility index (Phi) is 4.34. The fraction of sp³-hybridized carbons (Fsp3) is 0.435. The van der Waals surface area contributed by atoms with Crippen LogP contribution in [0.4, 0.5) is 0 Å². The molecule has 3 aromatic rings. The van der Waals surface area contributed by atoms with Crippen molar-refractivity contribution in [1.29, 1.82) is 0 Å². The standard InChI is InChI=1S/C23H25N5O3/c29-14-23(8-11-31-23)25-20(15-4-2-1-3-5-15)21-17-7-6-16-12-18(16)22(17)28(26-21)19-13-27(30)10-9-24-19/h1-5,9-10,13,16,18,20,25,29H,6-8,11-12,14H2/t16-,18+,20?,23?/m1/s1. The molecule has 6 rings (SSSR count). The number of benzene rings is 1. The average molecular weight is 419 g/mol. The van der Waals surface area contributed by atoms with Crippen LogP contribution in [0, 0.1) is 11.1 Å². The third-order valence-electron chi connectivity index (χ3n) is 6.93. The SMILES string of the molecule is [O-][n+]1ccnc(-n2nc(C(NC3(CO)CCO3)c3ccccc3)c3c2[C@H]2C[C@H]2CC3)c1. The summed E-state index contributed by atoms with van der Waals surface area (Å²) in [6, 6.07) is 9.92. The Labute approximate surface area is 180 Å². The van der Waals surface area contributed by atoms with Crippen molar-refractivity contribution in [3.8, 4) is 5.82 Å². The van der Waals surface area contributed by atoms with Crippen LogP contribution in [-0.4, -0.2) is 38.8 Å². The van der Waals surface area contributed by atoms with E-state index in [0.717, 1.165) is 41.7 Å². The zero-order chi connectivity index (χ0) is 21.0. The maximum absolute atomic E-state index is 11.9. The molecule has 1 aromatic carbocycles. The normalized spacial score (nSPS) is 27.1. The topological polar surface area (TPSA) is 99.1 Å². The van der Waals surface area contributed by atoms with Crippen molar-refractivity contribution >= 4 is 0 Å². The van der Waals surface area contributed by atoms with E-state index in [4.69, 9.17) is 9.84 Å². The van der Waals surface area contributed by atoms with Gasteiger partial charge in [0.1, 0.15) is 5.72 Å². The molecule has 2 aliphatic carbocycles. The molecule has 31 heavy (non-hydrogen) atoms. The molecule has 1 saturated carbocycles. The predicted molar refractivity (Wildman–Crippen MR) is 111 cm³/mol. The van der Waals surface area contributed by atoms with E-state index in [1.165, 1.54) is 29.8 Å². The summed E-state index contributed by atoms with van der Waals surface area (Å²) in [5, 5.41) is 30.6. The number of aliphatic hydroxyl groups is 1. The summed E-state index contributed by atoms with van der Waals surface area (Å²) in [7, 11) is 0. The number of aromatic nitrogens is 4. The number of fused-ring (bicyclic) bond motifs is 3. The van der Waals surface area contributed by atoms with Gasteiger partial charge >= 0.3 is 0 Å². The third-order valence-corrected chi connectivity index (χ3v) is 6.93. The summed E-state index contributed by atoms with van der Waals surface area (Å²) >= 11 is 0. The van der Waals surface area contributed by atoms with Crippen molar-refractivity contribution in [3.63, 3.8) is 0 Å². The molecule has 3 heterocycles. The summed E-state index contributed by atoms with van der Waals surface area (Å²) in [6.45, 7) is 0.531. The van der Waals surface area contributed by atoms with Crippen molar-refractivity contribution in [1.82, 2.24) is 20.1 Å². The molecular formula is C23H25N5O3. The molecule has 2 fully saturated rings. The van der Waals surface area contributed by atoms with E-state index >= 15 is 0 Å². The first-order valence-corrected chi connectivity index (χ1v) is 10.9. The highest BCUT2D eigenvalue weighted by Gasteiger charge is 2.48. The molecule has 2 aromatic heterocycles. The predicted octanol–water partition coefficient (Wildman–Crippen LogP) is 1.74. The lowest BCUT2D eigenvalue weighted by atomic mass is 9.90. The van der Waals surface area contributed by atoms with Crippen molar-refractivity contribution in [3.05, 3.63) is 76.6 Å².